The number of pyridine rings is 1. The van der Waals surface area contributed by atoms with Gasteiger partial charge in [-0.15, -0.1) is 0 Å². The maximum Gasteiger partial charge on any atom is 0.339 e. The molecule has 2 aromatic rings. The summed E-state index contributed by atoms with van der Waals surface area (Å²) in [5, 5.41) is 12.5. The van der Waals surface area contributed by atoms with E-state index in [1.54, 1.807) is 31.4 Å². The van der Waals surface area contributed by atoms with Crippen molar-refractivity contribution in [3.63, 3.8) is 0 Å². The Balaban J connectivity index is 2.38. The predicted octanol–water partition coefficient (Wildman–Crippen LogP) is 3.19. The van der Waals surface area contributed by atoms with Crippen molar-refractivity contribution < 1.29 is 14.6 Å². The molecule has 0 radical (unpaired) electrons. The maximum absolute atomic E-state index is 11.1. The van der Waals surface area contributed by atoms with Gasteiger partial charge in [0.25, 0.3) is 0 Å². The number of carbonyl (C=O) groups is 1. The van der Waals surface area contributed by atoms with Crippen LogP contribution in [0.25, 0.3) is 0 Å². The minimum atomic E-state index is -1.06. The fraction of sp³-hybridized carbons (Fsp3) is 0.0769. The van der Waals surface area contributed by atoms with E-state index in [2.05, 4.69) is 10.3 Å². The van der Waals surface area contributed by atoms with E-state index in [9.17, 15) is 4.79 Å². The number of halogens is 1. The molecule has 0 aliphatic rings. The first kappa shape index (κ1) is 13.2. The highest BCUT2D eigenvalue weighted by atomic mass is 35.5. The summed E-state index contributed by atoms with van der Waals surface area (Å²) in [4.78, 5) is 14.9. The van der Waals surface area contributed by atoms with E-state index < -0.39 is 5.97 Å². The van der Waals surface area contributed by atoms with Crippen molar-refractivity contribution in [3.05, 3.63) is 47.2 Å². The first-order valence-electron chi connectivity index (χ1n) is 5.39. The second-order valence-electron chi connectivity index (χ2n) is 3.70. The van der Waals surface area contributed by atoms with Gasteiger partial charge in [-0.3, -0.25) is 4.98 Å². The van der Waals surface area contributed by atoms with Crippen LogP contribution in [0.15, 0.2) is 36.7 Å². The Labute approximate surface area is 114 Å². The predicted molar refractivity (Wildman–Crippen MR) is 72.5 cm³/mol. The van der Waals surface area contributed by atoms with Crippen molar-refractivity contribution in [1.29, 1.82) is 0 Å². The highest BCUT2D eigenvalue weighted by molar-refractivity contribution is 6.33. The topological polar surface area (TPSA) is 71.5 Å². The number of carboxylic acids is 1. The minimum Gasteiger partial charge on any atom is -0.497 e. The van der Waals surface area contributed by atoms with Gasteiger partial charge in [-0.25, -0.2) is 4.79 Å². The molecule has 0 saturated carbocycles. The number of aromatic carboxylic acids is 1. The monoisotopic (exact) mass is 278 g/mol. The lowest BCUT2D eigenvalue weighted by Crippen LogP contribution is -2.03. The van der Waals surface area contributed by atoms with Crippen molar-refractivity contribution >= 4 is 28.9 Å². The van der Waals surface area contributed by atoms with E-state index in [1.807, 2.05) is 0 Å². The highest BCUT2D eigenvalue weighted by Crippen LogP contribution is 2.30. The molecular formula is C13H11ClN2O3. The highest BCUT2D eigenvalue weighted by Gasteiger charge is 2.11. The number of anilines is 2. The molecule has 0 amide bonds. The van der Waals surface area contributed by atoms with E-state index >= 15 is 0 Å². The number of aromatic nitrogens is 1. The lowest BCUT2D eigenvalue weighted by atomic mass is 10.2. The number of rotatable bonds is 4. The van der Waals surface area contributed by atoms with Gasteiger partial charge in [0.1, 0.15) is 11.3 Å². The Morgan fingerprint density at radius 3 is 2.84 bits per heavy atom. The molecule has 0 bridgehead atoms. The van der Waals surface area contributed by atoms with Gasteiger partial charge in [-0.05, 0) is 18.2 Å². The summed E-state index contributed by atoms with van der Waals surface area (Å²) in [5.41, 5.74) is 1.05. The molecule has 6 heteroatoms. The zero-order valence-electron chi connectivity index (χ0n) is 10.1. The van der Waals surface area contributed by atoms with Gasteiger partial charge in [-0.2, -0.15) is 0 Å². The average Bonchev–Trinajstić information content (AvgIpc) is 2.41. The molecule has 0 fully saturated rings. The van der Waals surface area contributed by atoms with E-state index in [0.717, 1.165) is 0 Å². The van der Waals surface area contributed by atoms with Crippen molar-refractivity contribution in [2.75, 3.05) is 12.4 Å². The molecule has 1 aromatic heterocycles. The quantitative estimate of drug-likeness (QED) is 0.899. The summed E-state index contributed by atoms with van der Waals surface area (Å²) in [6, 6.07) is 6.65. The fourth-order valence-electron chi connectivity index (χ4n) is 1.55. The van der Waals surface area contributed by atoms with Crippen molar-refractivity contribution in [3.8, 4) is 5.75 Å². The third-order valence-corrected chi connectivity index (χ3v) is 2.82. The molecule has 1 heterocycles. The number of nitrogens with one attached hydrogen (secondary N) is 1. The summed E-state index contributed by atoms with van der Waals surface area (Å²) in [6.45, 7) is 0. The third-order valence-electron chi connectivity index (χ3n) is 2.49. The fourth-order valence-corrected chi connectivity index (χ4v) is 1.71. The number of methoxy groups -OCH3 is 1. The molecular weight excluding hydrogens is 268 g/mol. The second-order valence-corrected chi connectivity index (χ2v) is 4.10. The van der Waals surface area contributed by atoms with Crippen molar-refractivity contribution in [2.24, 2.45) is 0 Å². The zero-order chi connectivity index (χ0) is 13.8. The third kappa shape index (κ3) is 2.95. The number of benzene rings is 1. The SMILES string of the molecule is COc1ccc(Cl)c(Nc2ccncc2C(=O)O)c1. The van der Waals surface area contributed by atoms with Gasteiger partial charge in [0.05, 0.1) is 23.5 Å². The van der Waals surface area contributed by atoms with Crippen LogP contribution >= 0.6 is 11.6 Å². The van der Waals surface area contributed by atoms with Crippen LogP contribution in [0.3, 0.4) is 0 Å². The molecule has 19 heavy (non-hydrogen) atoms. The summed E-state index contributed by atoms with van der Waals surface area (Å²) in [7, 11) is 1.54. The van der Waals surface area contributed by atoms with Gasteiger partial charge >= 0.3 is 5.97 Å². The summed E-state index contributed by atoms with van der Waals surface area (Å²) < 4.78 is 5.10. The molecule has 0 atom stereocenters. The maximum atomic E-state index is 11.1. The molecule has 0 aliphatic heterocycles. The smallest absolute Gasteiger partial charge is 0.339 e. The van der Waals surface area contributed by atoms with Crippen LogP contribution in [0.4, 0.5) is 11.4 Å². The Bertz CT molecular complexity index is 617. The number of hydrogen-bond acceptors (Lipinski definition) is 4. The second kappa shape index (κ2) is 5.58. The van der Waals surface area contributed by atoms with Crippen molar-refractivity contribution in [2.45, 2.75) is 0 Å². The molecule has 0 unspecified atom stereocenters. The van der Waals surface area contributed by atoms with Crippen LogP contribution in [0, 0.1) is 0 Å². The summed E-state index contributed by atoms with van der Waals surface area (Å²) in [5.74, 6) is -0.438. The first-order chi connectivity index (χ1) is 9.11. The molecule has 0 spiro atoms. The number of carboxylic acid groups (broad SMARTS) is 1. The average molecular weight is 279 g/mol. The van der Waals surface area contributed by atoms with Gasteiger partial charge in [-0.1, -0.05) is 11.6 Å². The lowest BCUT2D eigenvalue weighted by molar-refractivity contribution is 0.0697. The van der Waals surface area contributed by atoms with Crippen LogP contribution in [-0.2, 0) is 0 Å². The Morgan fingerprint density at radius 1 is 1.37 bits per heavy atom. The van der Waals surface area contributed by atoms with E-state index in [4.69, 9.17) is 21.4 Å². The molecule has 2 N–H and O–H groups in total. The van der Waals surface area contributed by atoms with Crippen LogP contribution in [0.1, 0.15) is 10.4 Å². The minimum absolute atomic E-state index is 0.0707. The van der Waals surface area contributed by atoms with Crippen LogP contribution in [-0.4, -0.2) is 23.2 Å². The van der Waals surface area contributed by atoms with Gasteiger partial charge < -0.3 is 15.2 Å². The van der Waals surface area contributed by atoms with Crippen LogP contribution < -0.4 is 10.1 Å². The van der Waals surface area contributed by atoms with Gasteiger partial charge in [0.15, 0.2) is 0 Å². The number of hydrogen-bond donors (Lipinski definition) is 2. The van der Waals surface area contributed by atoms with Gasteiger partial charge in [0.2, 0.25) is 0 Å². The summed E-state index contributed by atoms with van der Waals surface area (Å²) >= 11 is 6.05. The largest absolute Gasteiger partial charge is 0.497 e. The van der Waals surface area contributed by atoms with E-state index in [0.29, 0.717) is 22.1 Å². The zero-order valence-corrected chi connectivity index (χ0v) is 10.8. The van der Waals surface area contributed by atoms with Crippen LogP contribution in [0.5, 0.6) is 5.75 Å². The molecule has 98 valence electrons. The van der Waals surface area contributed by atoms with E-state index in [1.165, 1.54) is 12.4 Å². The number of ether oxygens (including phenoxy) is 1. The Hall–Kier alpha value is -2.27. The number of nitrogens with zero attached hydrogens (tertiary/aromatic N) is 1. The van der Waals surface area contributed by atoms with Crippen molar-refractivity contribution in [1.82, 2.24) is 4.98 Å². The van der Waals surface area contributed by atoms with Gasteiger partial charge in [0, 0.05) is 18.5 Å². The summed E-state index contributed by atoms with van der Waals surface area (Å²) in [6.07, 6.45) is 2.78. The van der Waals surface area contributed by atoms with E-state index in [-0.39, 0.29) is 5.56 Å². The molecule has 1 aromatic carbocycles. The molecule has 2 rings (SSSR count). The Morgan fingerprint density at radius 2 is 2.16 bits per heavy atom. The first-order valence-corrected chi connectivity index (χ1v) is 5.77. The van der Waals surface area contributed by atoms with Crippen LogP contribution in [0.2, 0.25) is 5.02 Å². The molecule has 0 aliphatic carbocycles. The normalized spacial score (nSPS) is 10.0. The molecule has 0 saturated heterocycles. The lowest BCUT2D eigenvalue weighted by Gasteiger charge is -2.11. The molecule has 5 nitrogen and oxygen atoms in total. The standard InChI is InChI=1S/C13H11ClN2O3/c1-19-8-2-3-10(14)12(6-8)16-11-4-5-15-7-9(11)13(17)18/h2-7H,1H3,(H,15,16)(H,17,18). The Kier molecular flexibility index (Phi) is 3.87.